The summed E-state index contributed by atoms with van der Waals surface area (Å²) in [5, 5.41) is 10.1. The Morgan fingerprint density at radius 1 is 1.12 bits per heavy atom. The van der Waals surface area contributed by atoms with Crippen LogP contribution in [0.2, 0.25) is 0 Å². The number of thioether (sulfide) groups is 1. The van der Waals surface area contributed by atoms with E-state index < -0.39 is 11.9 Å². The molecule has 0 bridgehead atoms. The maximum atomic E-state index is 11.9. The first kappa shape index (κ1) is 26.0. The van der Waals surface area contributed by atoms with E-state index in [0.29, 0.717) is 30.9 Å². The SMILES string of the molecule is CN(OC(=O)CCCCCNC(=O)CCCC[C@@H]1SC[C@@H]2NC(=O)N[C@@H]21)C(=O)CCC=O. The van der Waals surface area contributed by atoms with Gasteiger partial charge in [-0.15, -0.1) is 0 Å². The highest BCUT2D eigenvalue weighted by Crippen LogP contribution is 2.33. The number of hydrogen-bond donors (Lipinski definition) is 3. The number of urea groups is 1. The smallest absolute Gasteiger partial charge is 0.332 e. The summed E-state index contributed by atoms with van der Waals surface area (Å²) < 4.78 is 0. The van der Waals surface area contributed by atoms with Crippen molar-refractivity contribution in [2.45, 2.75) is 81.5 Å². The van der Waals surface area contributed by atoms with Gasteiger partial charge in [0.25, 0.3) is 5.91 Å². The Kier molecular flexibility index (Phi) is 11.3. The molecule has 3 atom stereocenters. The first-order chi connectivity index (χ1) is 15.4. The van der Waals surface area contributed by atoms with Crippen molar-refractivity contribution in [3.63, 3.8) is 0 Å². The van der Waals surface area contributed by atoms with Crippen LogP contribution in [0.5, 0.6) is 0 Å². The number of carbonyl (C=O) groups excluding carboxylic acids is 5. The fourth-order valence-electron chi connectivity index (χ4n) is 3.75. The van der Waals surface area contributed by atoms with Gasteiger partial charge in [-0.3, -0.25) is 9.59 Å². The Morgan fingerprint density at radius 2 is 1.91 bits per heavy atom. The van der Waals surface area contributed by atoms with E-state index in [1.165, 1.54) is 7.05 Å². The molecule has 2 saturated heterocycles. The minimum atomic E-state index is -0.490. The van der Waals surface area contributed by atoms with E-state index in [-0.39, 0.29) is 43.3 Å². The van der Waals surface area contributed by atoms with E-state index in [2.05, 4.69) is 16.0 Å². The lowest BCUT2D eigenvalue weighted by molar-refractivity contribution is -0.192. The summed E-state index contributed by atoms with van der Waals surface area (Å²) >= 11 is 1.88. The molecule has 180 valence electrons. The Bertz CT molecular complexity index is 677. The second-order valence-corrected chi connectivity index (χ2v) is 9.36. The summed E-state index contributed by atoms with van der Waals surface area (Å²) in [6, 6.07) is 0.372. The molecule has 0 saturated carbocycles. The molecule has 11 heteroatoms. The van der Waals surface area contributed by atoms with Gasteiger partial charge in [0.05, 0.1) is 12.1 Å². The third kappa shape index (κ3) is 9.05. The summed E-state index contributed by atoms with van der Waals surface area (Å²) in [5.74, 6) is 0.0766. The van der Waals surface area contributed by atoms with E-state index in [9.17, 15) is 24.0 Å². The third-order valence-corrected chi connectivity index (χ3v) is 7.04. The van der Waals surface area contributed by atoms with Crippen LogP contribution in [-0.2, 0) is 24.0 Å². The van der Waals surface area contributed by atoms with Gasteiger partial charge < -0.3 is 25.6 Å². The van der Waals surface area contributed by atoms with Crippen molar-refractivity contribution >= 4 is 41.9 Å². The molecule has 2 fully saturated rings. The van der Waals surface area contributed by atoms with Crippen molar-refractivity contribution < 1.29 is 28.8 Å². The number of aldehydes is 1. The molecule has 2 aliphatic rings. The van der Waals surface area contributed by atoms with Gasteiger partial charge >= 0.3 is 12.0 Å². The highest BCUT2D eigenvalue weighted by atomic mass is 32.2. The second kappa shape index (κ2) is 14.0. The number of unbranched alkanes of at least 4 members (excludes halogenated alkanes) is 3. The average molecular weight is 471 g/mol. The number of hydrogen-bond acceptors (Lipinski definition) is 7. The molecule has 0 aliphatic carbocycles. The molecular weight excluding hydrogens is 436 g/mol. The topological polar surface area (TPSA) is 134 Å². The largest absolute Gasteiger partial charge is 0.356 e. The number of nitrogens with zero attached hydrogens (tertiary/aromatic N) is 1. The fourth-order valence-corrected chi connectivity index (χ4v) is 5.29. The van der Waals surface area contributed by atoms with Crippen LogP contribution in [0.1, 0.15) is 64.2 Å². The second-order valence-electron chi connectivity index (χ2n) is 8.09. The lowest BCUT2D eigenvalue weighted by Crippen LogP contribution is -2.36. The van der Waals surface area contributed by atoms with Crippen molar-refractivity contribution in [1.82, 2.24) is 21.0 Å². The summed E-state index contributed by atoms with van der Waals surface area (Å²) in [7, 11) is 1.35. The Balaban J connectivity index is 1.42. The van der Waals surface area contributed by atoms with E-state index in [1.807, 2.05) is 11.8 Å². The standard InChI is InChI=1S/C21H34N4O6S/c1-25(18(28)10-7-13-26)31-19(29)11-3-2-6-12-22-17(27)9-5-4-8-16-20-15(14-32-16)23-21(30)24-20/h13,15-16,20H,2-12,14H2,1H3,(H,22,27)(H2,23,24,30)/t15-,16-,20-/m0/s1. The van der Waals surface area contributed by atoms with Gasteiger partial charge in [0.1, 0.15) is 6.29 Å². The van der Waals surface area contributed by atoms with Gasteiger partial charge in [0.2, 0.25) is 5.91 Å². The van der Waals surface area contributed by atoms with Crippen LogP contribution in [0.25, 0.3) is 0 Å². The van der Waals surface area contributed by atoms with Crippen LogP contribution in [0.15, 0.2) is 0 Å². The van der Waals surface area contributed by atoms with E-state index >= 15 is 0 Å². The van der Waals surface area contributed by atoms with Gasteiger partial charge in [-0.05, 0) is 25.7 Å². The summed E-state index contributed by atoms with van der Waals surface area (Å²) in [4.78, 5) is 61.8. The van der Waals surface area contributed by atoms with Crippen LogP contribution in [-0.4, -0.2) is 71.8 Å². The summed E-state index contributed by atoms with van der Waals surface area (Å²) in [5.41, 5.74) is 0. The highest BCUT2D eigenvalue weighted by molar-refractivity contribution is 8.00. The number of carbonyl (C=O) groups is 5. The molecule has 0 unspecified atom stereocenters. The van der Waals surface area contributed by atoms with Crippen LogP contribution in [0, 0.1) is 0 Å². The normalized spacial score (nSPS) is 21.3. The predicted molar refractivity (Wildman–Crippen MR) is 120 cm³/mol. The lowest BCUT2D eigenvalue weighted by Gasteiger charge is -2.16. The molecule has 2 aliphatic heterocycles. The van der Waals surface area contributed by atoms with Crippen molar-refractivity contribution in [2.24, 2.45) is 0 Å². The molecule has 32 heavy (non-hydrogen) atoms. The number of hydroxylamine groups is 2. The van der Waals surface area contributed by atoms with E-state index in [4.69, 9.17) is 4.84 Å². The van der Waals surface area contributed by atoms with E-state index in [1.54, 1.807) is 0 Å². The zero-order valence-electron chi connectivity index (χ0n) is 18.6. The highest BCUT2D eigenvalue weighted by Gasteiger charge is 2.42. The first-order valence-electron chi connectivity index (χ1n) is 11.3. The molecule has 4 amide bonds. The molecule has 0 spiro atoms. The Labute approximate surface area is 192 Å². The molecular formula is C21H34N4O6S. The van der Waals surface area contributed by atoms with Crippen molar-refractivity contribution in [3.8, 4) is 0 Å². The zero-order chi connectivity index (χ0) is 23.3. The molecule has 0 aromatic heterocycles. The molecule has 0 aromatic carbocycles. The van der Waals surface area contributed by atoms with Gasteiger partial charge in [-0.25, -0.2) is 9.59 Å². The number of amides is 4. The molecule has 0 aromatic rings. The van der Waals surface area contributed by atoms with Crippen molar-refractivity contribution in [2.75, 3.05) is 19.3 Å². The number of nitrogens with one attached hydrogen (secondary N) is 3. The summed E-state index contributed by atoms with van der Waals surface area (Å²) in [6.45, 7) is 0.567. The van der Waals surface area contributed by atoms with Crippen LogP contribution < -0.4 is 16.0 Å². The average Bonchev–Trinajstić information content (AvgIpc) is 3.31. The lowest BCUT2D eigenvalue weighted by atomic mass is 10.0. The maximum absolute atomic E-state index is 11.9. The van der Waals surface area contributed by atoms with Crippen LogP contribution in [0.3, 0.4) is 0 Å². The molecule has 2 rings (SSSR count). The minimum Gasteiger partial charge on any atom is -0.356 e. The molecule has 0 radical (unpaired) electrons. The van der Waals surface area contributed by atoms with E-state index in [0.717, 1.165) is 42.9 Å². The monoisotopic (exact) mass is 470 g/mol. The molecule has 10 nitrogen and oxygen atoms in total. The zero-order valence-corrected chi connectivity index (χ0v) is 19.4. The predicted octanol–water partition coefficient (Wildman–Crippen LogP) is 1.28. The van der Waals surface area contributed by atoms with Gasteiger partial charge in [-0.1, -0.05) is 12.8 Å². The number of fused-ring (bicyclic) bond motifs is 1. The third-order valence-electron chi connectivity index (χ3n) is 5.53. The fraction of sp³-hybridized carbons (Fsp3) is 0.762. The van der Waals surface area contributed by atoms with Crippen molar-refractivity contribution in [1.29, 1.82) is 0 Å². The quantitative estimate of drug-likeness (QED) is 0.151. The first-order valence-corrected chi connectivity index (χ1v) is 12.3. The minimum absolute atomic E-state index is 0.0171. The van der Waals surface area contributed by atoms with Gasteiger partial charge in [-0.2, -0.15) is 16.8 Å². The van der Waals surface area contributed by atoms with Crippen LogP contribution >= 0.6 is 11.8 Å². The number of rotatable bonds is 14. The molecule has 3 N–H and O–H groups in total. The maximum Gasteiger partial charge on any atom is 0.332 e. The van der Waals surface area contributed by atoms with Crippen LogP contribution in [0.4, 0.5) is 4.79 Å². The van der Waals surface area contributed by atoms with Crippen molar-refractivity contribution in [3.05, 3.63) is 0 Å². The Morgan fingerprint density at radius 3 is 2.69 bits per heavy atom. The Hall–Kier alpha value is -2.30. The molecule has 2 heterocycles. The van der Waals surface area contributed by atoms with Gasteiger partial charge in [0, 0.05) is 50.3 Å². The van der Waals surface area contributed by atoms with Gasteiger partial charge in [0.15, 0.2) is 0 Å². The summed E-state index contributed by atoms with van der Waals surface area (Å²) in [6.07, 6.45) is 6.36.